The van der Waals surface area contributed by atoms with Gasteiger partial charge in [-0.15, -0.1) is 0 Å². The van der Waals surface area contributed by atoms with Crippen molar-refractivity contribution in [2.24, 2.45) is 10.9 Å². The fourth-order valence-corrected chi connectivity index (χ4v) is 5.80. The molecule has 0 radical (unpaired) electrons. The molecule has 1 atom stereocenters. The molecule has 6 rings (SSSR count). The molecule has 3 aromatic carbocycles. The molecule has 1 aliphatic heterocycles. The highest BCUT2D eigenvalue weighted by molar-refractivity contribution is 6.19. The van der Waals surface area contributed by atoms with E-state index < -0.39 is 10.8 Å². The third-order valence-electron chi connectivity index (χ3n) is 8.05. The first-order valence-corrected chi connectivity index (χ1v) is 14.1. The average molecular weight is 579 g/mol. The highest BCUT2D eigenvalue weighted by atomic mass is 16.6. The van der Waals surface area contributed by atoms with Crippen LogP contribution < -0.4 is 20.3 Å². The number of anilines is 1. The smallest absolute Gasteiger partial charge is 0.310 e. The number of pyridine rings is 1. The van der Waals surface area contributed by atoms with Crippen LogP contribution in [0.15, 0.2) is 82.7 Å². The van der Waals surface area contributed by atoms with Crippen LogP contribution in [-0.4, -0.2) is 35.3 Å². The summed E-state index contributed by atoms with van der Waals surface area (Å²) < 4.78 is 12.7. The van der Waals surface area contributed by atoms with Crippen molar-refractivity contribution >= 4 is 45.0 Å². The van der Waals surface area contributed by atoms with Crippen LogP contribution in [0.1, 0.15) is 30.4 Å². The van der Waals surface area contributed by atoms with Gasteiger partial charge in [-0.1, -0.05) is 24.3 Å². The molecule has 0 bridgehead atoms. The summed E-state index contributed by atoms with van der Waals surface area (Å²) in [5, 5.41) is 16.3. The Kier molecular flexibility index (Phi) is 7.50. The maximum absolute atomic E-state index is 13.3. The Balaban J connectivity index is 1.27. The molecule has 1 aliphatic carbocycles. The van der Waals surface area contributed by atoms with E-state index in [1.807, 2.05) is 48.7 Å². The first-order chi connectivity index (χ1) is 20.8. The summed E-state index contributed by atoms with van der Waals surface area (Å²) >= 11 is 0. The molecule has 10 heteroatoms. The van der Waals surface area contributed by atoms with E-state index >= 15 is 0 Å². The third-order valence-corrected chi connectivity index (χ3v) is 8.05. The number of rotatable bonds is 8. The van der Waals surface area contributed by atoms with Gasteiger partial charge in [0, 0.05) is 30.9 Å². The van der Waals surface area contributed by atoms with Crippen molar-refractivity contribution in [2.75, 3.05) is 19.5 Å². The lowest BCUT2D eigenvalue weighted by Gasteiger charge is -2.22. The topological polar surface area (TPSA) is 125 Å². The van der Waals surface area contributed by atoms with Crippen molar-refractivity contribution in [1.82, 2.24) is 4.57 Å². The van der Waals surface area contributed by atoms with Gasteiger partial charge in [-0.2, -0.15) is 0 Å². The Morgan fingerprint density at radius 3 is 2.58 bits per heavy atom. The molecule has 0 spiro atoms. The second-order valence-electron chi connectivity index (χ2n) is 10.6. The molecule has 1 aromatic heterocycles. The predicted molar refractivity (Wildman–Crippen MR) is 166 cm³/mol. The van der Waals surface area contributed by atoms with Crippen LogP contribution in [0.3, 0.4) is 0 Å². The van der Waals surface area contributed by atoms with Crippen LogP contribution in [0, 0.1) is 16.0 Å². The Morgan fingerprint density at radius 2 is 1.81 bits per heavy atom. The van der Waals surface area contributed by atoms with Crippen LogP contribution in [0.5, 0.6) is 11.5 Å². The largest absolute Gasteiger partial charge is 0.496 e. The zero-order chi connectivity index (χ0) is 30.1. The number of ether oxygens (including phenoxy) is 2. The summed E-state index contributed by atoms with van der Waals surface area (Å²) in [6.07, 6.45) is 6.27. The van der Waals surface area contributed by atoms with Gasteiger partial charge in [0.05, 0.1) is 42.1 Å². The first kappa shape index (κ1) is 27.9. The summed E-state index contributed by atoms with van der Waals surface area (Å²) in [6, 6.07) is 18.0. The van der Waals surface area contributed by atoms with E-state index in [1.165, 1.54) is 13.2 Å². The minimum Gasteiger partial charge on any atom is -0.496 e. The Labute approximate surface area is 247 Å². The third kappa shape index (κ3) is 5.51. The van der Waals surface area contributed by atoms with Crippen molar-refractivity contribution in [3.63, 3.8) is 0 Å². The predicted octanol–water partition coefficient (Wildman–Crippen LogP) is 6.08. The molecule has 1 unspecified atom stereocenters. The molecule has 43 heavy (non-hydrogen) atoms. The van der Waals surface area contributed by atoms with E-state index in [9.17, 15) is 19.7 Å². The summed E-state index contributed by atoms with van der Waals surface area (Å²) in [6.45, 7) is 0.543. The Morgan fingerprint density at radius 1 is 1.02 bits per heavy atom. The summed E-state index contributed by atoms with van der Waals surface area (Å²) in [5.74, 6) is 0.277. The Bertz CT molecular complexity index is 1890. The number of allylic oxidation sites excluding steroid dienone is 2. The summed E-state index contributed by atoms with van der Waals surface area (Å²) in [5.41, 5.74) is 4.30. The molecular formula is C33H30N4O6. The molecule has 2 heterocycles. The van der Waals surface area contributed by atoms with Crippen molar-refractivity contribution in [2.45, 2.75) is 32.2 Å². The number of carbonyl (C=O) groups is 1. The molecule has 0 saturated heterocycles. The fourth-order valence-electron chi connectivity index (χ4n) is 5.80. The van der Waals surface area contributed by atoms with E-state index in [0.29, 0.717) is 55.1 Å². The number of fused-ring (bicyclic) bond motifs is 3. The number of aromatic nitrogens is 1. The molecule has 218 valence electrons. The maximum atomic E-state index is 13.3. The van der Waals surface area contributed by atoms with Crippen LogP contribution in [0.4, 0.5) is 17.1 Å². The molecule has 10 nitrogen and oxygen atoms in total. The lowest BCUT2D eigenvalue weighted by Crippen LogP contribution is -2.29. The van der Waals surface area contributed by atoms with Gasteiger partial charge in [0.15, 0.2) is 5.75 Å². The van der Waals surface area contributed by atoms with Gasteiger partial charge in [0.25, 0.3) is 5.56 Å². The number of aryl methyl sites for hydroxylation is 2. The maximum Gasteiger partial charge on any atom is 0.310 e. The molecule has 0 fully saturated rings. The number of nitrogens with one attached hydrogen (secondary N) is 1. The van der Waals surface area contributed by atoms with Crippen molar-refractivity contribution < 1.29 is 19.2 Å². The number of nitrogens with zero attached hydrogens (tertiary/aromatic N) is 3. The zero-order valence-electron chi connectivity index (χ0n) is 23.8. The molecule has 1 amide bonds. The number of amides is 1. The van der Waals surface area contributed by atoms with Crippen LogP contribution in [-0.2, 0) is 17.8 Å². The van der Waals surface area contributed by atoms with E-state index in [-0.39, 0.29) is 22.9 Å². The average Bonchev–Trinajstić information content (AvgIpc) is 3.15. The highest BCUT2D eigenvalue weighted by Crippen LogP contribution is 2.40. The van der Waals surface area contributed by atoms with Gasteiger partial charge in [-0.05, 0) is 77.4 Å². The number of benzene rings is 3. The van der Waals surface area contributed by atoms with Crippen LogP contribution >= 0.6 is 0 Å². The number of methoxy groups -OCH3 is 2. The number of hydrogen-bond acceptors (Lipinski definition) is 7. The standard InChI is InChI=1S/C33H30N4O6/c1-42-30-18-28-27(15-23(30)8-5-13-36-19-24-7-4-3-6-20(24)17-32(36)38)35-33(39)25-11-9-21(14-26(25)34-28)22-10-12-29(37(40)41)31(16-22)43-2/h3-4,6-7,10,12,14-19,25H,5,8-9,11,13H2,1-2H3,(H,35,39). The number of aliphatic imine (C=N–C) groups is 1. The lowest BCUT2D eigenvalue weighted by atomic mass is 9.84. The van der Waals surface area contributed by atoms with Crippen molar-refractivity contribution in [3.8, 4) is 11.5 Å². The van der Waals surface area contributed by atoms with E-state index in [0.717, 1.165) is 27.5 Å². The van der Waals surface area contributed by atoms with E-state index in [1.54, 1.807) is 29.9 Å². The molecule has 0 saturated carbocycles. The molecule has 2 aliphatic rings. The van der Waals surface area contributed by atoms with Crippen molar-refractivity contribution in [3.05, 3.63) is 105 Å². The van der Waals surface area contributed by atoms with Crippen LogP contribution in [0.2, 0.25) is 0 Å². The minimum atomic E-state index is -0.477. The SMILES string of the molecule is COc1cc2c(cc1CCCn1cc3ccccc3cc1=O)NC(=O)C1CCC(c3ccc([N+](=O)[O-])c(OC)c3)=CC1=N2. The summed E-state index contributed by atoms with van der Waals surface area (Å²) in [4.78, 5) is 41.6. The number of carbonyl (C=O) groups excluding carboxylic acids is 1. The summed E-state index contributed by atoms with van der Waals surface area (Å²) in [7, 11) is 3.00. The Hall–Kier alpha value is -5.25. The minimum absolute atomic E-state index is 0.0436. The van der Waals surface area contributed by atoms with Gasteiger partial charge >= 0.3 is 5.69 Å². The van der Waals surface area contributed by atoms with Gasteiger partial charge in [0.2, 0.25) is 5.91 Å². The zero-order valence-corrected chi connectivity index (χ0v) is 23.8. The quantitative estimate of drug-likeness (QED) is 0.200. The van der Waals surface area contributed by atoms with Gasteiger partial charge in [-0.25, -0.2) is 0 Å². The number of nitro benzene ring substituents is 1. The van der Waals surface area contributed by atoms with Gasteiger partial charge in [0.1, 0.15) is 5.75 Å². The molecule has 1 N–H and O–H groups in total. The lowest BCUT2D eigenvalue weighted by molar-refractivity contribution is -0.385. The van der Waals surface area contributed by atoms with E-state index in [4.69, 9.17) is 14.5 Å². The first-order valence-electron chi connectivity index (χ1n) is 14.1. The number of nitro groups is 1. The normalized spacial score (nSPS) is 15.9. The van der Waals surface area contributed by atoms with Crippen LogP contribution in [0.25, 0.3) is 16.3 Å². The van der Waals surface area contributed by atoms with Crippen molar-refractivity contribution in [1.29, 1.82) is 0 Å². The molecular weight excluding hydrogens is 548 g/mol. The molecule has 4 aromatic rings. The second-order valence-corrected chi connectivity index (χ2v) is 10.6. The second kappa shape index (κ2) is 11.6. The number of hydrogen-bond donors (Lipinski definition) is 1. The van der Waals surface area contributed by atoms with E-state index in [2.05, 4.69) is 5.32 Å². The van der Waals surface area contributed by atoms with Gasteiger partial charge in [-0.3, -0.25) is 24.7 Å². The fraction of sp³-hybridized carbons (Fsp3) is 0.242. The van der Waals surface area contributed by atoms with Gasteiger partial charge < -0.3 is 19.4 Å². The highest BCUT2D eigenvalue weighted by Gasteiger charge is 2.31. The monoisotopic (exact) mass is 578 g/mol.